The lowest BCUT2D eigenvalue weighted by Gasteiger charge is -2.35. The fraction of sp³-hybridized carbons (Fsp3) is 0.400. The van der Waals surface area contributed by atoms with Gasteiger partial charge in [-0.2, -0.15) is 5.10 Å². The molecule has 2 aromatic carbocycles. The largest absolute Gasteiger partial charge is 0.456 e. The molecule has 0 bridgehead atoms. The molecule has 1 aromatic heterocycles. The van der Waals surface area contributed by atoms with E-state index in [0.29, 0.717) is 18.2 Å². The fourth-order valence-corrected chi connectivity index (χ4v) is 6.50. The second kappa shape index (κ2) is 8.48. The zero-order valence-electron chi connectivity index (χ0n) is 18.9. The van der Waals surface area contributed by atoms with Gasteiger partial charge in [0.15, 0.2) is 9.84 Å². The number of hydrogen-bond donors (Lipinski definition) is 0. The van der Waals surface area contributed by atoms with Crippen molar-refractivity contribution in [2.45, 2.75) is 44.7 Å². The average Bonchev–Trinajstić information content (AvgIpc) is 3.27. The third-order valence-electron chi connectivity index (χ3n) is 6.85. The van der Waals surface area contributed by atoms with E-state index >= 15 is 0 Å². The number of halogens is 1. The summed E-state index contributed by atoms with van der Waals surface area (Å²) in [5, 5.41) is 4.52. The van der Waals surface area contributed by atoms with Crippen molar-refractivity contribution in [1.29, 1.82) is 0 Å². The molecule has 1 saturated heterocycles. The van der Waals surface area contributed by atoms with Crippen LogP contribution in [-0.2, 0) is 16.3 Å². The van der Waals surface area contributed by atoms with E-state index < -0.39 is 9.84 Å². The number of fused-ring (bicyclic) bond motifs is 1. The van der Waals surface area contributed by atoms with Gasteiger partial charge in [0.1, 0.15) is 17.3 Å². The first-order chi connectivity index (χ1) is 15.8. The van der Waals surface area contributed by atoms with E-state index in [9.17, 15) is 12.8 Å². The molecule has 0 aliphatic carbocycles. The molecule has 6 nitrogen and oxygen atoms in total. The molecule has 0 amide bonds. The van der Waals surface area contributed by atoms with Crippen LogP contribution >= 0.6 is 0 Å². The highest BCUT2D eigenvalue weighted by Gasteiger charge is 2.28. The molecule has 0 radical (unpaired) electrons. The SMILES string of the molecule is CC1CCc2c(ccc(-c3cnn(C4CCCS(=O)(=O)C4)c3)c2Oc2ccc(F)cc2)N1C. The molecule has 2 atom stereocenters. The van der Waals surface area contributed by atoms with Crippen molar-refractivity contribution >= 4 is 15.5 Å². The number of anilines is 1. The van der Waals surface area contributed by atoms with E-state index in [0.717, 1.165) is 47.4 Å². The number of aromatic nitrogens is 2. The number of benzene rings is 2. The highest BCUT2D eigenvalue weighted by Crippen LogP contribution is 2.44. The van der Waals surface area contributed by atoms with Crippen molar-refractivity contribution in [3.8, 4) is 22.6 Å². The van der Waals surface area contributed by atoms with Gasteiger partial charge in [-0.1, -0.05) is 0 Å². The van der Waals surface area contributed by atoms with Crippen LogP contribution in [0, 0.1) is 5.82 Å². The van der Waals surface area contributed by atoms with Gasteiger partial charge in [0.05, 0.1) is 23.7 Å². The number of sulfone groups is 1. The highest BCUT2D eigenvalue weighted by atomic mass is 32.2. The minimum Gasteiger partial charge on any atom is -0.456 e. The van der Waals surface area contributed by atoms with Crippen LogP contribution in [0.25, 0.3) is 11.1 Å². The predicted octanol–water partition coefficient (Wildman–Crippen LogP) is 5.00. The summed E-state index contributed by atoms with van der Waals surface area (Å²) < 4.78 is 45.8. The lowest BCUT2D eigenvalue weighted by atomic mass is 9.93. The van der Waals surface area contributed by atoms with E-state index in [1.165, 1.54) is 12.1 Å². The Labute approximate surface area is 193 Å². The normalized spacial score (nSPS) is 22.1. The first-order valence-electron chi connectivity index (χ1n) is 11.4. The van der Waals surface area contributed by atoms with E-state index in [1.807, 2.05) is 12.3 Å². The minimum atomic E-state index is -3.03. The first-order valence-corrected chi connectivity index (χ1v) is 13.2. The van der Waals surface area contributed by atoms with Crippen molar-refractivity contribution in [2.75, 3.05) is 23.5 Å². The second-order valence-corrected chi connectivity index (χ2v) is 11.3. The third kappa shape index (κ3) is 4.36. The molecule has 174 valence electrons. The van der Waals surface area contributed by atoms with E-state index in [-0.39, 0.29) is 23.4 Å². The molecule has 0 N–H and O–H groups in total. The van der Waals surface area contributed by atoms with Crippen LogP contribution in [0.4, 0.5) is 10.1 Å². The van der Waals surface area contributed by atoms with E-state index in [2.05, 4.69) is 30.0 Å². The molecule has 3 heterocycles. The quantitative estimate of drug-likeness (QED) is 0.538. The maximum atomic E-state index is 13.5. The Morgan fingerprint density at radius 2 is 1.91 bits per heavy atom. The van der Waals surface area contributed by atoms with Crippen LogP contribution in [0.15, 0.2) is 48.8 Å². The molecule has 0 spiro atoms. The van der Waals surface area contributed by atoms with Gasteiger partial charge in [-0.05, 0) is 69.0 Å². The molecule has 3 aromatic rings. The Hall–Kier alpha value is -2.87. The molecular weight excluding hydrogens is 441 g/mol. The van der Waals surface area contributed by atoms with Gasteiger partial charge in [-0.15, -0.1) is 0 Å². The maximum absolute atomic E-state index is 13.5. The highest BCUT2D eigenvalue weighted by molar-refractivity contribution is 7.91. The summed E-state index contributed by atoms with van der Waals surface area (Å²) in [4.78, 5) is 2.26. The van der Waals surface area contributed by atoms with Gasteiger partial charge in [0, 0.05) is 41.7 Å². The summed E-state index contributed by atoms with van der Waals surface area (Å²) in [5.41, 5.74) is 4.01. The van der Waals surface area contributed by atoms with Crippen molar-refractivity contribution in [1.82, 2.24) is 9.78 Å². The number of nitrogens with zero attached hydrogens (tertiary/aromatic N) is 3. The molecule has 5 rings (SSSR count). The summed E-state index contributed by atoms with van der Waals surface area (Å²) in [7, 11) is -0.944. The molecule has 2 aliphatic rings. The Bertz CT molecular complexity index is 1270. The lowest BCUT2D eigenvalue weighted by Crippen LogP contribution is -2.33. The number of hydrogen-bond acceptors (Lipinski definition) is 5. The smallest absolute Gasteiger partial charge is 0.152 e. The van der Waals surface area contributed by atoms with Crippen LogP contribution in [0.2, 0.25) is 0 Å². The Balaban J connectivity index is 1.56. The lowest BCUT2D eigenvalue weighted by molar-refractivity contribution is 0.435. The molecule has 0 saturated carbocycles. The monoisotopic (exact) mass is 469 g/mol. The van der Waals surface area contributed by atoms with Gasteiger partial charge in [-0.25, -0.2) is 12.8 Å². The van der Waals surface area contributed by atoms with Crippen LogP contribution in [0.3, 0.4) is 0 Å². The Kier molecular flexibility index (Phi) is 5.64. The van der Waals surface area contributed by atoms with E-state index in [4.69, 9.17) is 4.74 Å². The summed E-state index contributed by atoms with van der Waals surface area (Å²) in [6.45, 7) is 2.21. The molecule has 8 heteroatoms. The topological polar surface area (TPSA) is 64.4 Å². The van der Waals surface area contributed by atoms with Crippen molar-refractivity contribution in [3.05, 3.63) is 60.2 Å². The summed E-state index contributed by atoms with van der Waals surface area (Å²) in [6, 6.07) is 10.5. The van der Waals surface area contributed by atoms with Crippen molar-refractivity contribution in [2.24, 2.45) is 0 Å². The van der Waals surface area contributed by atoms with Gasteiger partial charge in [0.2, 0.25) is 0 Å². The second-order valence-electron chi connectivity index (χ2n) is 9.11. The average molecular weight is 470 g/mol. The minimum absolute atomic E-state index is 0.125. The number of ether oxygens (including phenoxy) is 1. The molecule has 33 heavy (non-hydrogen) atoms. The van der Waals surface area contributed by atoms with Crippen LogP contribution < -0.4 is 9.64 Å². The van der Waals surface area contributed by atoms with Crippen LogP contribution in [-0.4, -0.2) is 42.8 Å². The van der Waals surface area contributed by atoms with Crippen LogP contribution in [0.1, 0.15) is 37.8 Å². The zero-order chi connectivity index (χ0) is 23.2. The fourth-order valence-electron chi connectivity index (χ4n) is 4.82. The summed E-state index contributed by atoms with van der Waals surface area (Å²) >= 11 is 0. The Morgan fingerprint density at radius 1 is 1.12 bits per heavy atom. The maximum Gasteiger partial charge on any atom is 0.152 e. The summed E-state index contributed by atoms with van der Waals surface area (Å²) in [5.74, 6) is 1.38. The van der Waals surface area contributed by atoms with Gasteiger partial charge in [-0.3, -0.25) is 4.68 Å². The predicted molar refractivity (Wildman–Crippen MR) is 127 cm³/mol. The van der Waals surface area contributed by atoms with Gasteiger partial charge in [0.25, 0.3) is 0 Å². The zero-order valence-corrected chi connectivity index (χ0v) is 19.7. The molecule has 2 unspecified atom stereocenters. The Morgan fingerprint density at radius 3 is 2.67 bits per heavy atom. The standard InChI is InChI=1S/C25H28FN3O3S/c1-17-5-10-23-24(28(17)2)12-11-22(25(23)32-21-8-6-19(26)7-9-21)18-14-27-29(15-18)20-4-3-13-33(30,31)16-20/h6-9,11-12,14-15,17,20H,3-5,10,13,16H2,1-2H3. The first kappa shape index (κ1) is 21.9. The molecule has 2 aliphatic heterocycles. The van der Waals surface area contributed by atoms with E-state index in [1.54, 1.807) is 23.0 Å². The molecular formula is C25H28FN3O3S. The molecule has 1 fully saturated rings. The third-order valence-corrected chi connectivity index (χ3v) is 8.65. The van der Waals surface area contributed by atoms with Crippen molar-refractivity contribution in [3.63, 3.8) is 0 Å². The van der Waals surface area contributed by atoms with Gasteiger partial charge < -0.3 is 9.64 Å². The summed E-state index contributed by atoms with van der Waals surface area (Å²) in [6.07, 6.45) is 7.03. The van der Waals surface area contributed by atoms with Crippen LogP contribution in [0.5, 0.6) is 11.5 Å². The van der Waals surface area contributed by atoms with Crippen molar-refractivity contribution < 1.29 is 17.5 Å². The van der Waals surface area contributed by atoms with Gasteiger partial charge >= 0.3 is 0 Å². The number of rotatable bonds is 4.